The Balaban J connectivity index is 1.82. The number of aromatic nitrogens is 2. The van der Waals surface area contributed by atoms with Gasteiger partial charge in [0.2, 0.25) is 5.91 Å². The number of hydrogen-bond donors (Lipinski definition) is 0. The van der Waals surface area contributed by atoms with Crippen molar-refractivity contribution in [2.24, 2.45) is 5.41 Å². The lowest BCUT2D eigenvalue weighted by atomic mass is 9.75. The van der Waals surface area contributed by atoms with E-state index in [9.17, 15) is 14.0 Å². The number of carbonyl (C=O) groups excluding carboxylic acids is 2. The molecule has 0 spiro atoms. The molecule has 1 saturated heterocycles. The van der Waals surface area contributed by atoms with Crippen LogP contribution < -0.4 is 0 Å². The Kier molecular flexibility index (Phi) is 5.88. The molecule has 27 heavy (non-hydrogen) atoms. The fourth-order valence-electron chi connectivity index (χ4n) is 3.65. The Bertz CT molecular complexity index is 794. The molecule has 6 nitrogen and oxygen atoms in total. The molecule has 0 unspecified atom stereocenters. The largest absolute Gasteiger partial charge is 0.466 e. The molecule has 1 aromatic carbocycles. The molecule has 0 radical (unpaired) electrons. The van der Waals surface area contributed by atoms with Crippen molar-refractivity contribution in [2.75, 3.05) is 19.7 Å². The van der Waals surface area contributed by atoms with Gasteiger partial charge in [0.25, 0.3) is 0 Å². The van der Waals surface area contributed by atoms with Gasteiger partial charge in [-0.05, 0) is 37.8 Å². The molecule has 2 aromatic rings. The van der Waals surface area contributed by atoms with E-state index in [0.29, 0.717) is 24.9 Å². The van der Waals surface area contributed by atoms with Gasteiger partial charge in [0.05, 0.1) is 18.3 Å². The lowest BCUT2D eigenvalue weighted by molar-refractivity contribution is -0.161. The number of carbonyl (C=O) groups is 2. The van der Waals surface area contributed by atoms with Crippen molar-refractivity contribution in [3.63, 3.8) is 0 Å². The maximum absolute atomic E-state index is 14.2. The van der Waals surface area contributed by atoms with Crippen molar-refractivity contribution in [3.05, 3.63) is 54.4 Å². The van der Waals surface area contributed by atoms with Gasteiger partial charge in [-0.2, -0.15) is 0 Å². The number of hydrogen-bond acceptors (Lipinski definition) is 4. The Morgan fingerprint density at radius 3 is 2.85 bits per heavy atom. The lowest BCUT2D eigenvalue weighted by Crippen LogP contribution is -2.52. The Labute approximate surface area is 157 Å². The molecule has 0 saturated carbocycles. The Morgan fingerprint density at radius 1 is 1.33 bits per heavy atom. The van der Waals surface area contributed by atoms with Crippen molar-refractivity contribution >= 4 is 11.9 Å². The number of piperidine rings is 1. The van der Waals surface area contributed by atoms with E-state index in [4.69, 9.17) is 4.74 Å². The monoisotopic (exact) mass is 373 g/mol. The van der Waals surface area contributed by atoms with Crippen LogP contribution in [0.4, 0.5) is 4.39 Å². The van der Waals surface area contributed by atoms with Crippen LogP contribution in [0, 0.1) is 11.2 Å². The summed E-state index contributed by atoms with van der Waals surface area (Å²) in [4.78, 5) is 31.2. The maximum Gasteiger partial charge on any atom is 0.314 e. The third-order valence-electron chi connectivity index (χ3n) is 5.00. The first-order valence-corrected chi connectivity index (χ1v) is 9.18. The lowest BCUT2D eigenvalue weighted by Gasteiger charge is -2.41. The van der Waals surface area contributed by atoms with Crippen LogP contribution in [-0.4, -0.2) is 46.0 Å². The molecule has 144 valence electrons. The molecule has 2 heterocycles. The molecule has 0 aliphatic carbocycles. The third-order valence-corrected chi connectivity index (χ3v) is 5.00. The molecular weight excluding hydrogens is 349 g/mol. The third kappa shape index (κ3) is 4.35. The minimum absolute atomic E-state index is 0.0880. The van der Waals surface area contributed by atoms with Crippen molar-refractivity contribution in [1.29, 1.82) is 0 Å². The first kappa shape index (κ1) is 19.1. The highest BCUT2D eigenvalue weighted by Gasteiger charge is 2.45. The molecule has 7 heteroatoms. The van der Waals surface area contributed by atoms with E-state index < -0.39 is 5.41 Å². The highest BCUT2D eigenvalue weighted by Crippen LogP contribution is 2.36. The first-order valence-electron chi connectivity index (χ1n) is 9.18. The molecule has 1 aromatic heterocycles. The van der Waals surface area contributed by atoms with Gasteiger partial charge in [0.1, 0.15) is 12.4 Å². The van der Waals surface area contributed by atoms with Gasteiger partial charge in [0.15, 0.2) is 0 Å². The van der Waals surface area contributed by atoms with E-state index in [1.165, 1.54) is 6.07 Å². The van der Waals surface area contributed by atoms with Crippen molar-refractivity contribution in [2.45, 2.75) is 32.7 Å². The van der Waals surface area contributed by atoms with Crippen molar-refractivity contribution < 1.29 is 18.7 Å². The van der Waals surface area contributed by atoms with Gasteiger partial charge >= 0.3 is 5.97 Å². The van der Waals surface area contributed by atoms with Crippen LogP contribution in [0.3, 0.4) is 0 Å². The zero-order chi connectivity index (χ0) is 19.3. The second-order valence-electron chi connectivity index (χ2n) is 6.92. The van der Waals surface area contributed by atoms with E-state index in [1.807, 2.05) is 0 Å². The first-order chi connectivity index (χ1) is 13.0. The topological polar surface area (TPSA) is 64.4 Å². The normalized spacial score (nSPS) is 19.7. The fraction of sp³-hybridized carbons (Fsp3) is 0.450. The van der Waals surface area contributed by atoms with Crippen LogP contribution >= 0.6 is 0 Å². The number of amides is 1. The van der Waals surface area contributed by atoms with E-state index in [-0.39, 0.29) is 43.8 Å². The number of likely N-dealkylation sites (tertiary alicyclic amines) is 1. The number of imidazole rings is 1. The fourth-order valence-corrected chi connectivity index (χ4v) is 3.65. The second kappa shape index (κ2) is 8.33. The van der Waals surface area contributed by atoms with Crippen LogP contribution in [0.25, 0.3) is 0 Å². The Hall–Kier alpha value is -2.70. The highest BCUT2D eigenvalue weighted by molar-refractivity contribution is 5.81. The summed E-state index contributed by atoms with van der Waals surface area (Å²) in [6.07, 6.45) is 6.37. The van der Waals surface area contributed by atoms with Crippen LogP contribution in [0.5, 0.6) is 0 Å². The molecule has 1 amide bonds. The van der Waals surface area contributed by atoms with Gasteiger partial charge in [-0.15, -0.1) is 0 Å². The number of halogens is 1. The van der Waals surface area contributed by atoms with E-state index in [0.717, 1.165) is 0 Å². The summed E-state index contributed by atoms with van der Waals surface area (Å²) in [6, 6.07) is 6.45. The summed E-state index contributed by atoms with van der Waals surface area (Å²) in [5.41, 5.74) is -0.462. The summed E-state index contributed by atoms with van der Waals surface area (Å²) in [5.74, 6) is -0.800. The van der Waals surface area contributed by atoms with E-state index in [1.54, 1.807) is 53.3 Å². The van der Waals surface area contributed by atoms with Gasteiger partial charge in [-0.25, -0.2) is 9.37 Å². The summed E-state index contributed by atoms with van der Waals surface area (Å²) in [7, 11) is 0. The van der Waals surface area contributed by atoms with Crippen molar-refractivity contribution in [3.8, 4) is 0 Å². The van der Waals surface area contributed by atoms with Gasteiger partial charge < -0.3 is 14.2 Å². The van der Waals surface area contributed by atoms with Crippen LogP contribution in [0.2, 0.25) is 0 Å². The standard InChI is InChI=1S/C20H24FN3O3/c1-2-27-19(26)20(12-16-6-3-4-7-17(16)21)8-5-10-24(14-20)18(25)13-23-11-9-22-15-23/h3-4,6-7,9,11,15H,2,5,8,10,12-14H2,1H3/t20-/m0/s1. The highest BCUT2D eigenvalue weighted by atomic mass is 19.1. The molecule has 0 bridgehead atoms. The quantitative estimate of drug-likeness (QED) is 0.730. The minimum Gasteiger partial charge on any atom is -0.466 e. The number of nitrogens with zero attached hydrogens (tertiary/aromatic N) is 3. The zero-order valence-corrected chi connectivity index (χ0v) is 15.4. The van der Waals surface area contributed by atoms with Gasteiger partial charge in [-0.3, -0.25) is 9.59 Å². The van der Waals surface area contributed by atoms with Crippen LogP contribution in [0.15, 0.2) is 43.0 Å². The van der Waals surface area contributed by atoms with Crippen LogP contribution in [0.1, 0.15) is 25.3 Å². The summed E-state index contributed by atoms with van der Waals surface area (Å²) < 4.78 is 21.2. The minimum atomic E-state index is -0.930. The van der Waals surface area contributed by atoms with E-state index in [2.05, 4.69) is 4.98 Å². The zero-order valence-electron chi connectivity index (χ0n) is 15.4. The second-order valence-corrected chi connectivity index (χ2v) is 6.92. The Morgan fingerprint density at radius 2 is 2.15 bits per heavy atom. The SMILES string of the molecule is CCOC(=O)[C@]1(Cc2ccccc2F)CCCN(C(=O)Cn2ccnc2)C1. The molecule has 1 atom stereocenters. The molecule has 1 aliphatic rings. The van der Waals surface area contributed by atoms with Gasteiger partial charge in [0, 0.05) is 25.5 Å². The average Bonchev–Trinajstić information content (AvgIpc) is 3.17. The molecule has 1 aliphatic heterocycles. The van der Waals surface area contributed by atoms with Crippen LogP contribution in [-0.2, 0) is 27.3 Å². The smallest absolute Gasteiger partial charge is 0.314 e. The summed E-state index contributed by atoms with van der Waals surface area (Å²) in [6.45, 7) is 2.97. The van der Waals surface area contributed by atoms with E-state index >= 15 is 0 Å². The predicted octanol–water partition coefficient (Wildman–Crippen LogP) is 2.44. The number of ether oxygens (including phenoxy) is 1. The molecular formula is C20H24FN3O3. The predicted molar refractivity (Wildman–Crippen MR) is 97.2 cm³/mol. The molecule has 3 rings (SSSR count). The molecule has 1 fully saturated rings. The average molecular weight is 373 g/mol. The van der Waals surface area contributed by atoms with Crippen molar-refractivity contribution in [1.82, 2.24) is 14.5 Å². The maximum atomic E-state index is 14.2. The molecule has 0 N–H and O–H groups in total. The van der Waals surface area contributed by atoms with Gasteiger partial charge in [-0.1, -0.05) is 18.2 Å². The number of benzene rings is 1. The number of esters is 1. The number of rotatable bonds is 6. The summed E-state index contributed by atoms with van der Waals surface area (Å²) >= 11 is 0. The summed E-state index contributed by atoms with van der Waals surface area (Å²) in [5, 5.41) is 0.